The van der Waals surface area contributed by atoms with Gasteiger partial charge in [-0.2, -0.15) is 5.26 Å². The molecule has 1 aromatic rings. The lowest BCUT2D eigenvalue weighted by Crippen LogP contribution is -2.40. The average Bonchev–Trinajstić information content (AvgIpc) is 2.76. The smallest absolute Gasteiger partial charge is 0.166 e. The molecule has 3 heteroatoms. The number of rotatable bonds is 2. The number of carbonyl (C=O) groups is 1. The second kappa shape index (κ2) is 4.79. The van der Waals surface area contributed by atoms with Gasteiger partial charge in [-0.1, -0.05) is 0 Å². The molecule has 0 spiro atoms. The van der Waals surface area contributed by atoms with Gasteiger partial charge in [-0.15, -0.1) is 0 Å². The second-order valence-corrected chi connectivity index (χ2v) is 5.81. The molecule has 0 aromatic heterocycles. The van der Waals surface area contributed by atoms with Crippen molar-refractivity contribution in [2.24, 2.45) is 5.92 Å². The lowest BCUT2D eigenvalue weighted by Gasteiger charge is -2.28. The van der Waals surface area contributed by atoms with Gasteiger partial charge in [0.05, 0.1) is 11.6 Å². The van der Waals surface area contributed by atoms with E-state index >= 15 is 0 Å². The first-order valence-corrected chi connectivity index (χ1v) is 6.98. The van der Waals surface area contributed by atoms with E-state index in [4.69, 9.17) is 5.26 Å². The average molecular weight is 254 g/mol. The molecule has 1 N–H and O–H groups in total. The summed E-state index contributed by atoms with van der Waals surface area (Å²) in [5.41, 5.74) is 2.35. The molecule has 2 atom stereocenters. The molecule has 3 nitrogen and oxygen atoms in total. The minimum absolute atomic E-state index is 0.158. The van der Waals surface area contributed by atoms with Crippen LogP contribution in [-0.4, -0.2) is 17.9 Å². The number of nitriles is 1. The highest BCUT2D eigenvalue weighted by molar-refractivity contribution is 5.99. The first-order chi connectivity index (χ1) is 9.17. The topological polar surface area (TPSA) is 52.9 Å². The van der Waals surface area contributed by atoms with Gasteiger partial charge in [-0.3, -0.25) is 4.79 Å². The summed E-state index contributed by atoms with van der Waals surface area (Å²) in [6.45, 7) is 1.92. The molecule has 0 aliphatic carbocycles. The van der Waals surface area contributed by atoms with Crippen LogP contribution in [0.15, 0.2) is 18.2 Å². The van der Waals surface area contributed by atoms with Gasteiger partial charge >= 0.3 is 0 Å². The summed E-state index contributed by atoms with van der Waals surface area (Å²) >= 11 is 0. The maximum Gasteiger partial charge on any atom is 0.166 e. The molecule has 0 amide bonds. The Morgan fingerprint density at radius 3 is 2.58 bits per heavy atom. The molecule has 2 aliphatic heterocycles. The van der Waals surface area contributed by atoms with Gasteiger partial charge in [0.25, 0.3) is 0 Å². The Morgan fingerprint density at radius 1 is 1.32 bits per heavy atom. The van der Waals surface area contributed by atoms with E-state index < -0.39 is 0 Å². The normalized spacial score (nSPS) is 28.9. The Hall–Kier alpha value is -1.66. The fraction of sp³-hybridized carbons (Fsp3) is 0.500. The van der Waals surface area contributed by atoms with Crippen LogP contribution in [0.4, 0.5) is 0 Å². The quantitative estimate of drug-likeness (QED) is 0.825. The molecule has 0 radical (unpaired) electrons. The molecular formula is C16H18N2O. The third-order valence-corrected chi connectivity index (χ3v) is 4.46. The first kappa shape index (κ1) is 12.4. The maximum atomic E-state index is 12.6. The summed E-state index contributed by atoms with van der Waals surface area (Å²) in [4.78, 5) is 12.6. The van der Waals surface area contributed by atoms with Crippen LogP contribution in [0.25, 0.3) is 0 Å². The zero-order chi connectivity index (χ0) is 13.4. The van der Waals surface area contributed by atoms with Crippen LogP contribution in [-0.2, 0) is 0 Å². The van der Waals surface area contributed by atoms with Crippen molar-refractivity contribution in [2.75, 3.05) is 0 Å². The lowest BCUT2D eigenvalue weighted by atomic mass is 9.84. The molecule has 2 bridgehead atoms. The number of hydrogen-bond acceptors (Lipinski definition) is 3. The fourth-order valence-electron chi connectivity index (χ4n) is 3.50. The minimum Gasteiger partial charge on any atom is -0.311 e. The van der Waals surface area contributed by atoms with Crippen LogP contribution < -0.4 is 5.32 Å². The van der Waals surface area contributed by atoms with Crippen molar-refractivity contribution < 1.29 is 4.79 Å². The van der Waals surface area contributed by atoms with Crippen molar-refractivity contribution in [3.63, 3.8) is 0 Å². The number of aryl methyl sites for hydroxylation is 1. The molecule has 0 saturated carbocycles. The molecule has 3 rings (SSSR count). The van der Waals surface area contributed by atoms with E-state index in [-0.39, 0.29) is 11.7 Å². The largest absolute Gasteiger partial charge is 0.311 e. The van der Waals surface area contributed by atoms with Gasteiger partial charge < -0.3 is 5.32 Å². The highest BCUT2D eigenvalue weighted by Gasteiger charge is 2.37. The Labute approximate surface area is 113 Å². The van der Waals surface area contributed by atoms with E-state index in [0.29, 0.717) is 17.6 Å². The number of carbonyl (C=O) groups excluding carboxylic acids is 1. The van der Waals surface area contributed by atoms with Crippen molar-refractivity contribution >= 4 is 5.78 Å². The third kappa shape index (κ3) is 2.29. The summed E-state index contributed by atoms with van der Waals surface area (Å²) < 4.78 is 0. The lowest BCUT2D eigenvalue weighted by molar-refractivity contribution is 0.0875. The number of piperidine rings is 1. The van der Waals surface area contributed by atoms with Crippen LogP contribution >= 0.6 is 0 Å². The van der Waals surface area contributed by atoms with E-state index in [2.05, 4.69) is 11.4 Å². The van der Waals surface area contributed by atoms with Crippen molar-refractivity contribution in [3.05, 3.63) is 34.9 Å². The van der Waals surface area contributed by atoms with Gasteiger partial charge in [0.15, 0.2) is 5.78 Å². The molecule has 2 saturated heterocycles. The zero-order valence-corrected chi connectivity index (χ0v) is 11.1. The minimum atomic E-state index is 0.158. The standard InChI is InChI=1S/C16H18N2O/c1-10-6-11(9-17)2-5-15(10)16(19)12-7-13-3-4-14(8-12)18-13/h2,5-6,12-14,18H,3-4,7-8H2,1H3. The SMILES string of the molecule is Cc1cc(C#N)ccc1C(=O)C1CC2CCC(C1)N2. The number of fused-ring (bicyclic) bond motifs is 2. The predicted octanol–water partition coefficient (Wildman–Crippen LogP) is 2.58. The van der Waals surface area contributed by atoms with Crippen molar-refractivity contribution in [1.82, 2.24) is 5.32 Å². The van der Waals surface area contributed by atoms with Gasteiger partial charge in [0, 0.05) is 23.6 Å². The summed E-state index contributed by atoms with van der Waals surface area (Å²) in [6.07, 6.45) is 4.35. The Bertz CT molecular complexity index is 546. The fourth-order valence-corrected chi connectivity index (χ4v) is 3.50. The van der Waals surface area contributed by atoms with Crippen LogP contribution in [0.3, 0.4) is 0 Å². The molecule has 19 heavy (non-hydrogen) atoms. The molecule has 2 heterocycles. The highest BCUT2D eigenvalue weighted by atomic mass is 16.1. The number of Topliss-reactive ketones (excluding diaryl/α,β-unsaturated/α-hetero) is 1. The van der Waals surface area contributed by atoms with Crippen molar-refractivity contribution in [2.45, 2.75) is 44.7 Å². The number of hydrogen-bond donors (Lipinski definition) is 1. The zero-order valence-electron chi connectivity index (χ0n) is 11.1. The van der Waals surface area contributed by atoms with E-state index in [9.17, 15) is 4.79 Å². The molecule has 1 aromatic carbocycles. The van der Waals surface area contributed by atoms with Gasteiger partial charge in [-0.05, 0) is 56.4 Å². The van der Waals surface area contributed by atoms with E-state index in [1.54, 1.807) is 6.07 Å². The monoisotopic (exact) mass is 254 g/mol. The van der Waals surface area contributed by atoms with E-state index in [1.165, 1.54) is 12.8 Å². The third-order valence-electron chi connectivity index (χ3n) is 4.46. The first-order valence-electron chi connectivity index (χ1n) is 6.98. The molecule has 2 aliphatic rings. The van der Waals surface area contributed by atoms with E-state index in [0.717, 1.165) is 24.0 Å². The van der Waals surface area contributed by atoms with Crippen LogP contribution in [0, 0.1) is 24.2 Å². The van der Waals surface area contributed by atoms with Crippen molar-refractivity contribution in [3.8, 4) is 6.07 Å². The highest BCUT2D eigenvalue weighted by Crippen LogP contribution is 2.33. The second-order valence-electron chi connectivity index (χ2n) is 5.81. The maximum absolute atomic E-state index is 12.6. The summed E-state index contributed by atoms with van der Waals surface area (Å²) in [5, 5.41) is 12.4. The summed E-state index contributed by atoms with van der Waals surface area (Å²) in [6, 6.07) is 8.56. The van der Waals surface area contributed by atoms with Gasteiger partial charge in [-0.25, -0.2) is 0 Å². The Balaban J connectivity index is 1.82. The van der Waals surface area contributed by atoms with Crippen LogP contribution in [0.5, 0.6) is 0 Å². The number of benzene rings is 1. The van der Waals surface area contributed by atoms with Crippen molar-refractivity contribution in [1.29, 1.82) is 5.26 Å². The Morgan fingerprint density at radius 2 is 2.00 bits per heavy atom. The summed E-state index contributed by atoms with van der Waals surface area (Å²) in [7, 11) is 0. The molecule has 2 unspecified atom stereocenters. The summed E-state index contributed by atoms with van der Waals surface area (Å²) in [5.74, 6) is 0.422. The Kier molecular flexibility index (Phi) is 3.12. The van der Waals surface area contributed by atoms with Gasteiger partial charge in [0.1, 0.15) is 0 Å². The van der Waals surface area contributed by atoms with Gasteiger partial charge in [0.2, 0.25) is 0 Å². The number of ketones is 1. The molecule has 98 valence electrons. The number of nitrogens with zero attached hydrogens (tertiary/aromatic N) is 1. The van der Waals surface area contributed by atoms with Crippen LogP contribution in [0.2, 0.25) is 0 Å². The predicted molar refractivity (Wildman–Crippen MR) is 72.9 cm³/mol. The molecule has 2 fully saturated rings. The number of nitrogens with one attached hydrogen (secondary N) is 1. The van der Waals surface area contributed by atoms with E-state index in [1.807, 2.05) is 19.1 Å². The molecular weight excluding hydrogens is 236 g/mol. The van der Waals surface area contributed by atoms with Crippen LogP contribution in [0.1, 0.15) is 47.2 Å².